The van der Waals surface area contributed by atoms with E-state index in [1.54, 1.807) is 49.8 Å². The molecular formula is C42H46FN7O5. The number of hydrogen-bond donors (Lipinski definition) is 3. The molecule has 2 aliphatic rings. The van der Waals surface area contributed by atoms with Gasteiger partial charge in [-0.1, -0.05) is 45.5 Å². The van der Waals surface area contributed by atoms with Crippen LogP contribution in [0.4, 0.5) is 27.3 Å². The highest BCUT2D eigenvalue weighted by atomic mass is 19.1. The predicted molar refractivity (Wildman–Crippen MR) is 214 cm³/mol. The smallest absolute Gasteiger partial charge is 0.293 e. The molecule has 7 rings (SSSR count). The number of hydrogen-bond acceptors (Lipinski definition) is 9. The number of benzene rings is 3. The maximum Gasteiger partial charge on any atom is 0.293 e. The summed E-state index contributed by atoms with van der Waals surface area (Å²) in [5.74, 6) is -0.977. The summed E-state index contributed by atoms with van der Waals surface area (Å²) >= 11 is 0. The highest BCUT2D eigenvalue weighted by Crippen LogP contribution is 2.34. The Labute approximate surface area is 318 Å². The Hall–Kier alpha value is -5.63. The average molecular weight is 748 g/mol. The molecule has 2 aliphatic heterocycles. The molecule has 286 valence electrons. The first kappa shape index (κ1) is 37.7. The summed E-state index contributed by atoms with van der Waals surface area (Å²) in [7, 11) is 1.60. The molecule has 55 heavy (non-hydrogen) atoms. The number of aryl methyl sites for hydroxylation is 1. The zero-order valence-electron chi connectivity index (χ0n) is 31.7. The van der Waals surface area contributed by atoms with Crippen molar-refractivity contribution < 1.29 is 19.0 Å². The van der Waals surface area contributed by atoms with Crippen LogP contribution in [-0.2, 0) is 28.6 Å². The van der Waals surface area contributed by atoms with Crippen LogP contribution in [0.15, 0.2) is 89.2 Å². The van der Waals surface area contributed by atoms with Gasteiger partial charge in [0.15, 0.2) is 5.82 Å². The van der Waals surface area contributed by atoms with Crippen LogP contribution >= 0.6 is 0 Å². The summed E-state index contributed by atoms with van der Waals surface area (Å²) in [6.45, 7) is 15.2. The van der Waals surface area contributed by atoms with Gasteiger partial charge in [-0.25, -0.2) is 9.37 Å². The van der Waals surface area contributed by atoms with Gasteiger partial charge in [0.25, 0.3) is 11.1 Å². The molecule has 0 aliphatic carbocycles. The summed E-state index contributed by atoms with van der Waals surface area (Å²) in [6, 6.07) is 16.2. The normalized spacial score (nSPS) is 16.6. The van der Waals surface area contributed by atoms with Gasteiger partial charge in [0.1, 0.15) is 5.82 Å². The number of fused-ring (bicyclic) bond motifs is 1. The standard InChI is InChI=1S/C42H46FN7O5/c1-7-37(52)45-33-19-28(11-12-36(33)49-16-15-48(20-25(49)2)29-23-55-24-29)44-39-41(54)47(6)21-34(46-39)30-9-8-10-35(31(30)22-51)50-14-13-26-17-27(42(3,4)5)18-32(43)38(26)40(50)53/h7-14,17-19,21,25,29,51H,1,15-16,20,22-24H2,2-6H3,(H,44,46)(H,45,52)/t25-/m0/s1. The van der Waals surface area contributed by atoms with Crippen LogP contribution in [0.5, 0.6) is 0 Å². The van der Waals surface area contributed by atoms with Crippen LogP contribution in [0.2, 0.25) is 0 Å². The summed E-state index contributed by atoms with van der Waals surface area (Å²) in [6.07, 6.45) is 4.34. The van der Waals surface area contributed by atoms with Crippen molar-refractivity contribution in [1.82, 2.24) is 19.0 Å². The molecule has 1 amide bonds. The van der Waals surface area contributed by atoms with Gasteiger partial charge in [-0.2, -0.15) is 0 Å². The van der Waals surface area contributed by atoms with Crippen LogP contribution in [0.3, 0.4) is 0 Å². The number of carbonyl (C=O) groups excluding carboxylic acids is 1. The lowest BCUT2D eigenvalue weighted by Crippen LogP contribution is -2.59. The molecule has 3 N–H and O–H groups in total. The van der Waals surface area contributed by atoms with Gasteiger partial charge >= 0.3 is 0 Å². The molecule has 0 radical (unpaired) electrons. The fourth-order valence-electron chi connectivity index (χ4n) is 7.37. The third-order valence-corrected chi connectivity index (χ3v) is 10.5. The van der Waals surface area contributed by atoms with Gasteiger partial charge in [0.2, 0.25) is 5.91 Å². The Bertz CT molecular complexity index is 2430. The van der Waals surface area contributed by atoms with E-state index in [0.29, 0.717) is 45.3 Å². The van der Waals surface area contributed by atoms with Crippen molar-refractivity contribution in [3.8, 4) is 16.9 Å². The summed E-state index contributed by atoms with van der Waals surface area (Å²) in [4.78, 5) is 49.3. The Morgan fingerprint density at radius 2 is 1.85 bits per heavy atom. The van der Waals surface area contributed by atoms with Crippen molar-refractivity contribution in [3.05, 3.63) is 117 Å². The van der Waals surface area contributed by atoms with Crippen molar-refractivity contribution in [3.63, 3.8) is 0 Å². The fourth-order valence-corrected chi connectivity index (χ4v) is 7.37. The van der Waals surface area contributed by atoms with Gasteiger partial charge in [0.05, 0.1) is 54.0 Å². The van der Waals surface area contributed by atoms with E-state index in [-0.39, 0.29) is 28.6 Å². The zero-order valence-corrected chi connectivity index (χ0v) is 31.7. The number of ether oxygens (including phenoxy) is 1. The number of aromatic nitrogens is 3. The fraction of sp³-hybridized carbons (Fsp3) is 0.333. The SMILES string of the molecule is C=CC(=O)Nc1cc(Nc2nc(-c3cccc(-n4ccc5cc(C(C)(C)C)cc(F)c5c4=O)c3CO)cn(C)c2=O)ccc1N1CCN(C2COC2)C[C@@H]1C. The molecule has 3 aromatic carbocycles. The molecule has 2 fully saturated rings. The Morgan fingerprint density at radius 1 is 1.07 bits per heavy atom. The van der Waals surface area contributed by atoms with Gasteiger partial charge in [-0.3, -0.25) is 23.9 Å². The van der Waals surface area contributed by atoms with Crippen LogP contribution in [0.1, 0.15) is 38.8 Å². The largest absolute Gasteiger partial charge is 0.392 e. The van der Waals surface area contributed by atoms with E-state index in [0.717, 1.165) is 44.1 Å². The molecule has 0 bridgehead atoms. The first-order valence-corrected chi connectivity index (χ1v) is 18.4. The van der Waals surface area contributed by atoms with E-state index < -0.39 is 23.5 Å². The quantitative estimate of drug-likeness (QED) is 0.168. The third kappa shape index (κ3) is 7.30. The highest BCUT2D eigenvalue weighted by molar-refractivity contribution is 6.02. The van der Waals surface area contributed by atoms with E-state index in [1.165, 1.54) is 21.3 Å². The first-order valence-electron chi connectivity index (χ1n) is 18.4. The number of piperazine rings is 1. The lowest BCUT2D eigenvalue weighted by molar-refractivity contribution is -0.111. The molecule has 2 aromatic heterocycles. The minimum Gasteiger partial charge on any atom is -0.392 e. The second-order valence-corrected chi connectivity index (χ2v) is 15.3. The summed E-state index contributed by atoms with van der Waals surface area (Å²) in [5, 5.41) is 17.2. The maximum absolute atomic E-state index is 15.5. The molecule has 5 aromatic rings. The van der Waals surface area contributed by atoms with Crippen molar-refractivity contribution in [1.29, 1.82) is 0 Å². The number of aliphatic hydroxyl groups excluding tert-OH is 1. The number of anilines is 4. The number of nitrogens with zero attached hydrogens (tertiary/aromatic N) is 5. The van der Waals surface area contributed by atoms with Crippen LogP contribution in [-0.4, -0.2) is 75.0 Å². The minimum atomic E-state index is -0.615. The topological polar surface area (TPSA) is 134 Å². The summed E-state index contributed by atoms with van der Waals surface area (Å²) in [5.41, 5.74) is 2.94. The Balaban J connectivity index is 1.23. The number of pyridine rings is 1. The molecule has 0 unspecified atom stereocenters. The predicted octanol–water partition coefficient (Wildman–Crippen LogP) is 5.46. The second kappa shape index (κ2) is 14.9. The molecule has 0 spiro atoms. The zero-order chi connectivity index (χ0) is 39.2. The molecule has 1 atom stereocenters. The monoisotopic (exact) mass is 747 g/mol. The van der Waals surface area contributed by atoms with Gasteiger partial charge in [0, 0.05) is 61.9 Å². The number of halogens is 1. The molecule has 12 nitrogen and oxygen atoms in total. The van der Waals surface area contributed by atoms with E-state index in [2.05, 4.69) is 33.9 Å². The van der Waals surface area contributed by atoms with Gasteiger partial charge < -0.3 is 29.9 Å². The van der Waals surface area contributed by atoms with Crippen molar-refractivity contribution in [2.75, 3.05) is 48.4 Å². The van der Waals surface area contributed by atoms with Crippen molar-refractivity contribution >= 4 is 39.6 Å². The molecule has 2 saturated heterocycles. The van der Waals surface area contributed by atoms with Crippen LogP contribution < -0.4 is 26.7 Å². The molecule has 4 heterocycles. The van der Waals surface area contributed by atoms with E-state index >= 15 is 4.39 Å². The number of amides is 1. The number of nitrogens with one attached hydrogen (secondary N) is 2. The minimum absolute atomic E-state index is 0.00679. The highest BCUT2D eigenvalue weighted by Gasteiger charge is 2.33. The Kier molecular flexibility index (Phi) is 10.2. The van der Waals surface area contributed by atoms with Crippen molar-refractivity contribution in [2.24, 2.45) is 7.05 Å². The van der Waals surface area contributed by atoms with E-state index in [1.807, 2.05) is 39.0 Å². The first-order chi connectivity index (χ1) is 26.3. The van der Waals surface area contributed by atoms with E-state index in [4.69, 9.17) is 9.72 Å². The van der Waals surface area contributed by atoms with Crippen LogP contribution in [0, 0.1) is 5.82 Å². The lowest BCUT2D eigenvalue weighted by Gasteiger charge is -2.46. The van der Waals surface area contributed by atoms with E-state index in [9.17, 15) is 19.5 Å². The maximum atomic E-state index is 15.5. The van der Waals surface area contributed by atoms with Crippen molar-refractivity contribution in [2.45, 2.75) is 51.8 Å². The average Bonchev–Trinajstić information content (AvgIpc) is 3.12. The molecular weight excluding hydrogens is 702 g/mol. The number of rotatable bonds is 9. The lowest BCUT2D eigenvalue weighted by atomic mass is 9.86. The number of carbonyl (C=O) groups is 1. The molecule has 13 heteroatoms. The third-order valence-electron chi connectivity index (χ3n) is 10.5. The number of aliphatic hydroxyl groups is 1. The molecule has 0 saturated carbocycles. The van der Waals surface area contributed by atoms with Gasteiger partial charge in [-0.15, -0.1) is 0 Å². The second-order valence-electron chi connectivity index (χ2n) is 15.3. The van der Waals surface area contributed by atoms with Gasteiger partial charge in [-0.05, 0) is 65.8 Å². The summed E-state index contributed by atoms with van der Waals surface area (Å²) < 4.78 is 23.6. The van der Waals surface area contributed by atoms with Crippen LogP contribution in [0.25, 0.3) is 27.7 Å². The Morgan fingerprint density at radius 3 is 2.53 bits per heavy atom.